The molecule has 1 amide bonds. The zero-order valence-corrected chi connectivity index (χ0v) is 13.4. The summed E-state index contributed by atoms with van der Waals surface area (Å²) in [5.74, 6) is 0.780. The Morgan fingerprint density at radius 3 is 2.68 bits per heavy atom. The summed E-state index contributed by atoms with van der Waals surface area (Å²) in [6.07, 6.45) is 1.85. The SMILES string of the molecule is COc1ccc(CN2CCN(C(=O)c3ccsc3)CC2)cn1. The monoisotopic (exact) mass is 317 g/mol. The summed E-state index contributed by atoms with van der Waals surface area (Å²) in [5, 5.41) is 3.86. The largest absolute Gasteiger partial charge is 0.481 e. The fraction of sp³-hybridized carbons (Fsp3) is 0.375. The molecule has 1 aliphatic rings. The van der Waals surface area contributed by atoms with Crippen molar-refractivity contribution in [1.82, 2.24) is 14.8 Å². The first-order valence-electron chi connectivity index (χ1n) is 7.29. The predicted octanol–water partition coefficient (Wildman–Crippen LogP) is 2.11. The molecular weight excluding hydrogens is 298 g/mol. The van der Waals surface area contributed by atoms with E-state index in [1.54, 1.807) is 18.4 Å². The molecule has 3 rings (SSSR count). The van der Waals surface area contributed by atoms with E-state index in [4.69, 9.17) is 4.74 Å². The van der Waals surface area contributed by atoms with Gasteiger partial charge in [0.1, 0.15) is 0 Å². The summed E-state index contributed by atoms with van der Waals surface area (Å²) >= 11 is 1.56. The lowest BCUT2D eigenvalue weighted by Crippen LogP contribution is -2.48. The quantitative estimate of drug-likeness (QED) is 0.866. The number of amides is 1. The number of aromatic nitrogens is 1. The molecule has 0 aromatic carbocycles. The van der Waals surface area contributed by atoms with Crippen LogP contribution in [0.15, 0.2) is 35.2 Å². The lowest BCUT2D eigenvalue weighted by atomic mass is 10.2. The third kappa shape index (κ3) is 3.45. The van der Waals surface area contributed by atoms with Crippen LogP contribution in [0.5, 0.6) is 5.88 Å². The maximum atomic E-state index is 12.3. The zero-order valence-electron chi connectivity index (χ0n) is 12.6. The van der Waals surface area contributed by atoms with Crippen LogP contribution in [0.25, 0.3) is 0 Å². The minimum Gasteiger partial charge on any atom is -0.481 e. The van der Waals surface area contributed by atoms with Gasteiger partial charge >= 0.3 is 0 Å². The average Bonchev–Trinajstić information content (AvgIpc) is 3.10. The van der Waals surface area contributed by atoms with Gasteiger partial charge in [-0.15, -0.1) is 0 Å². The highest BCUT2D eigenvalue weighted by atomic mass is 32.1. The average molecular weight is 317 g/mol. The predicted molar refractivity (Wildman–Crippen MR) is 86.3 cm³/mol. The van der Waals surface area contributed by atoms with E-state index >= 15 is 0 Å². The van der Waals surface area contributed by atoms with Gasteiger partial charge in [-0.05, 0) is 17.0 Å². The summed E-state index contributed by atoms with van der Waals surface area (Å²) < 4.78 is 5.07. The molecule has 1 aliphatic heterocycles. The molecule has 2 aromatic heterocycles. The molecule has 22 heavy (non-hydrogen) atoms. The van der Waals surface area contributed by atoms with Crippen LogP contribution in [0.2, 0.25) is 0 Å². The molecule has 0 N–H and O–H groups in total. The minimum atomic E-state index is 0.145. The summed E-state index contributed by atoms with van der Waals surface area (Å²) in [7, 11) is 1.62. The highest BCUT2D eigenvalue weighted by Gasteiger charge is 2.22. The van der Waals surface area contributed by atoms with E-state index < -0.39 is 0 Å². The van der Waals surface area contributed by atoms with Crippen molar-refractivity contribution in [3.05, 3.63) is 46.3 Å². The van der Waals surface area contributed by atoms with Crippen LogP contribution in [0.4, 0.5) is 0 Å². The van der Waals surface area contributed by atoms with Crippen LogP contribution in [-0.2, 0) is 6.54 Å². The number of hydrogen-bond donors (Lipinski definition) is 0. The second-order valence-electron chi connectivity index (χ2n) is 5.29. The first kappa shape index (κ1) is 15.0. The van der Waals surface area contributed by atoms with Gasteiger partial charge in [0.25, 0.3) is 5.91 Å². The highest BCUT2D eigenvalue weighted by Crippen LogP contribution is 2.14. The molecule has 1 saturated heterocycles. The number of rotatable bonds is 4. The van der Waals surface area contributed by atoms with Crippen LogP contribution in [0, 0.1) is 0 Å². The van der Waals surface area contributed by atoms with Gasteiger partial charge in [-0.25, -0.2) is 4.98 Å². The molecule has 2 aromatic rings. The van der Waals surface area contributed by atoms with E-state index in [1.165, 1.54) is 5.56 Å². The smallest absolute Gasteiger partial charge is 0.254 e. The second-order valence-corrected chi connectivity index (χ2v) is 6.07. The van der Waals surface area contributed by atoms with Gasteiger partial charge in [-0.2, -0.15) is 11.3 Å². The van der Waals surface area contributed by atoms with Crippen molar-refractivity contribution in [1.29, 1.82) is 0 Å². The molecule has 1 fully saturated rings. The van der Waals surface area contributed by atoms with Crippen molar-refractivity contribution >= 4 is 17.2 Å². The molecule has 0 radical (unpaired) electrons. The second kappa shape index (κ2) is 6.89. The van der Waals surface area contributed by atoms with Gasteiger partial charge in [0.15, 0.2) is 0 Å². The first-order chi connectivity index (χ1) is 10.8. The normalized spacial score (nSPS) is 15.8. The Balaban J connectivity index is 1.52. The molecule has 0 saturated carbocycles. The lowest BCUT2D eigenvalue weighted by molar-refractivity contribution is 0.0629. The van der Waals surface area contributed by atoms with Gasteiger partial charge in [-0.3, -0.25) is 9.69 Å². The molecule has 5 nitrogen and oxygen atoms in total. The van der Waals surface area contributed by atoms with Crippen molar-refractivity contribution in [3.8, 4) is 5.88 Å². The van der Waals surface area contributed by atoms with Crippen molar-refractivity contribution in [2.75, 3.05) is 33.3 Å². The van der Waals surface area contributed by atoms with E-state index in [9.17, 15) is 4.79 Å². The Hall–Kier alpha value is -1.92. The topological polar surface area (TPSA) is 45.7 Å². The van der Waals surface area contributed by atoms with Gasteiger partial charge in [0.2, 0.25) is 5.88 Å². The maximum absolute atomic E-state index is 12.3. The number of carbonyl (C=O) groups excluding carboxylic acids is 1. The van der Waals surface area contributed by atoms with Crippen LogP contribution in [0.1, 0.15) is 15.9 Å². The van der Waals surface area contributed by atoms with Gasteiger partial charge in [0.05, 0.1) is 12.7 Å². The molecule has 0 aliphatic carbocycles. The Bertz CT molecular complexity index is 605. The Morgan fingerprint density at radius 2 is 2.09 bits per heavy atom. The van der Waals surface area contributed by atoms with Crippen molar-refractivity contribution in [2.45, 2.75) is 6.54 Å². The standard InChI is InChI=1S/C16H19N3O2S/c1-21-15-3-2-13(10-17-15)11-18-5-7-19(8-6-18)16(20)14-4-9-22-12-14/h2-4,9-10,12H,5-8,11H2,1H3. The van der Waals surface area contributed by atoms with Gasteiger partial charge < -0.3 is 9.64 Å². The molecule has 0 spiro atoms. The fourth-order valence-corrected chi connectivity index (χ4v) is 3.19. The number of piperazine rings is 1. The van der Waals surface area contributed by atoms with Crippen molar-refractivity contribution < 1.29 is 9.53 Å². The summed E-state index contributed by atoms with van der Waals surface area (Å²) in [6, 6.07) is 5.81. The van der Waals surface area contributed by atoms with Crippen LogP contribution >= 0.6 is 11.3 Å². The molecule has 116 valence electrons. The molecule has 0 atom stereocenters. The Morgan fingerprint density at radius 1 is 1.27 bits per heavy atom. The molecule has 3 heterocycles. The number of pyridine rings is 1. The molecular formula is C16H19N3O2S. The number of methoxy groups -OCH3 is 1. The number of hydrogen-bond acceptors (Lipinski definition) is 5. The Kier molecular flexibility index (Phi) is 4.70. The van der Waals surface area contributed by atoms with Crippen LogP contribution in [0.3, 0.4) is 0 Å². The molecule has 6 heteroatoms. The first-order valence-corrected chi connectivity index (χ1v) is 8.23. The summed E-state index contributed by atoms with van der Waals surface area (Å²) in [5.41, 5.74) is 1.97. The highest BCUT2D eigenvalue weighted by molar-refractivity contribution is 7.08. The Labute approximate surface area is 134 Å². The van der Waals surface area contributed by atoms with E-state index in [0.29, 0.717) is 5.88 Å². The zero-order chi connectivity index (χ0) is 15.4. The molecule has 0 bridgehead atoms. The van der Waals surface area contributed by atoms with Gasteiger partial charge in [0, 0.05) is 50.4 Å². The van der Waals surface area contributed by atoms with E-state index in [-0.39, 0.29) is 5.91 Å². The summed E-state index contributed by atoms with van der Waals surface area (Å²) in [6.45, 7) is 4.19. The maximum Gasteiger partial charge on any atom is 0.254 e. The number of thiophene rings is 1. The van der Waals surface area contributed by atoms with Crippen LogP contribution < -0.4 is 4.74 Å². The van der Waals surface area contributed by atoms with Crippen molar-refractivity contribution in [2.24, 2.45) is 0 Å². The lowest BCUT2D eigenvalue weighted by Gasteiger charge is -2.34. The summed E-state index contributed by atoms with van der Waals surface area (Å²) in [4.78, 5) is 20.8. The molecule has 0 unspecified atom stereocenters. The third-order valence-corrected chi connectivity index (χ3v) is 4.52. The third-order valence-electron chi connectivity index (χ3n) is 3.84. The number of nitrogens with zero attached hydrogens (tertiary/aromatic N) is 3. The fourth-order valence-electron chi connectivity index (χ4n) is 2.56. The minimum absolute atomic E-state index is 0.145. The van der Waals surface area contributed by atoms with Gasteiger partial charge in [-0.1, -0.05) is 6.07 Å². The van der Waals surface area contributed by atoms with E-state index in [0.717, 1.165) is 38.3 Å². The van der Waals surface area contributed by atoms with Crippen LogP contribution in [-0.4, -0.2) is 54.0 Å². The number of carbonyl (C=O) groups is 1. The van der Waals surface area contributed by atoms with Crippen molar-refractivity contribution in [3.63, 3.8) is 0 Å². The van der Waals surface area contributed by atoms with E-state index in [2.05, 4.69) is 9.88 Å². The van der Waals surface area contributed by atoms with E-state index in [1.807, 2.05) is 40.1 Å². The number of ether oxygens (including phenoxy) is 1.